The number of hydrogen-bond acceptors (Lipinski definition) is 0. The summed E-state index contributed by atoms with van der Waals surface area (Å²) < 4.78 is 1.92. The monoisotopic (exact) mass is 390 g/mol. The summed E-state index contributed by atoms with van der Waals surface area (Å²) in [5.41, 5.74) is 1.17. The fourth-order valence-electron chi connectivity index (χ4n) is 0.694. The molecule has 0 spiro atoms. The van der Waals surface area contributed by atoms with Gasteiger partial charge in [-0.1, -0.05) is 41.9 Å². The van der Waals surface area contributed by atoms with Crippen molar-refractivity contribution in [2.75, 3.05) is 0 Å². The van der Waals surface area contributed by atoms with Crippen LogP contribution < -0.4 is 0 Å². The van der Waals surface area contributed by atoms with Crippen molar-refractivity contribution < 1.29 is 0 Å². The minimum Gasteiger partial charge on any atom is -0.0760 e. The average molecular weight is 390 g/mol. The van der Waals surface area contributed by atoms with Crippen LogP contribution in [0.1, 0.15) is 5.56 Å². The fraction of sp³-hybridized carbons (Fsp3) is 0. The predicted molar refractivity (Wildman–Crippen MR) is 67.3 cm³/mol. The molecule has 0 amide bonds. The van der Waals surface area contributed by atoms with E-state index in [0.29, 0.717) is 0 Å². The van der Waals surface area contributed by atoms with Gasteiger partial charge in [-0.3, -0.25) is 0 Å². The summed E-state index contributed by atoms with van der Waals surface area (Å²) >= 11 is 10.2. The van der Waals surface area contributed by atoms with Gasteiger partial charge in [0, 0.05) is 3.58 Å². The number of rotatable bonds is 1. The molecule has 0 aliphatic rings. The van der Waals surface area contributed by atoms with Crippen LogP contribution in [0.2, 0.25) is 0 Å². The van der Waals surface area contributed by atoms with Crippen molar-refractivity contribution in [2.24, 2.45) is 0 Å². The van der Waals surface area contributed by atoms with Gasteiger partial charge in [0.15, 0.2) is 0 Å². The molecule has 1 rings (SSSR count). The first-order valence-electron chi connectivity index (χ1n) is 2.98. The molecule has 58 valence electrons. The summed E-state index contributed by atoms with van der Waals surface area (Å²) in [5, 5.41) is 0. The van der Waals surface area contributed by atoms with Gasteiger partial charge in [-0.05, 0) is 50.7 Å². The van der Waals surface area contributed by atoms with Crippen LogP contribution in [0.4, 0.5) is 0 Å². The Morgan fingerprint density at radius 1 is 1.09 bits per heavy atom. The Hall–Kier alpha value is 0.710. The Bertz CT molecular complexity index is 263. The lowest BCUT2D eigenvalue weighted by Gasteiger charge is -1.97. The molecule has 0 N–H and O–H groups in total. The second kappa shape index (κ2) is 4.67. The van der Waals surface area contributed by atoms with Gasteiger partial charge in [0.2, 0.25) is 0 Å². The lowest BCUT2D eigenvalue weighted by atomic mass is 10.2. The van der Waals surface area contributed by atoms with E-state index in [1.54, 1.807) is 0 Å². The molecule has 0 radical (unpaired) electrons. The lowest BCUT2D eigenvalue weighted by molar-refractivity contribution is 1.66. The van der Waals surface area contributed by atoms with E-state index in [2.05, 4.69) is 45.2 Å². The Morgan fingerprint density at radius 2 is 1.64 bits per heavy atom. The molecule has 1 aromatic rings. The van der Waals surface area contributed by atoms with Crippen molar-refractivity contribution in [3.05, 3.63) is 38.9 Å². The molecule has 3 heteroatoms. The highest BCUT2D eigenvalue weighted by atomic mass is 127. The van der Waals surface area contributed by atoms with Crippen molar-refractivity contribution in [1.82, 2.24) is 0 Å². The van der Waals surface area contributed by atoms with Gasteiger partial charge >= 0.3 is 0 Å². The summed E-state index contributed by atoms with van der Waals surface area (Å²) in [5.74, 6) is 0. The molecule has 0 unspecified atom stereocenters. The summed E-state index contributed by atoms with van der Waals surface area (Å²) in [6, 6.07) is 10.1. The van der Waals surface area contributed by atoms with Crippen molar-refractivity contribution in [3.8, 4) is 0 Å². The third kappa shape index (κ3) is 2.91. The molecule has 0 aromatic heterocycles. The first kappa shape index (κ1) is 9.80. The molecule has 0 aliphatic carbocycles. The average Bonchev–Trinajstić information content (AvgIpc) is 2.05. The molecule has 0 bridgehead atoms. The fourth-order valence-corrected chi connectivity index (χ4v) is 1.47. The number of benzene rings is 1. The van der Waals surface area contributed by atoms with Crippen LogP contribution in [-0.4, -0.2) is 0 Å². The van der Waals surface area contributed by atoms with E-state index >= 15 is 0 Å². The van der Waals surface area contributed by atoms with Gasteiger partial charge in [0.25, 0.3) is 0 Å². The second-order valence-corrected chi connectivity index (χ2v) is 5.11. The zero-order valence-electron chi connectivity index (χ0n) is 5.52. The van der Waals surface area contributed by atoms with Crippen molar-refractivity contribution in [1.29, 1.82) is 0 Å². The van der Waals surface area contributed by atoms with Crippen molar-refractivity contribution in [2.45, 2.75) is 0 Å². The van der Waals surface area contributed by atoms with E-state index < -0.39 is 0 Å². The second-order valence-electron chi connectivity index (χ2n) is 1.94. The molecule has 0 nitrogen and oxygen atoms in total. The van der Waals surface area contributed by atoms with Gasteiger partial charge in [-0.15, -0.1) is 0 Å². The van der Waals surface area contributed by atoms with E-state index in [9.17, 15) is 0 Å². The van der Waals surface area contributed by atoms with Crippen LogP contribution in [0.3, 0.4) is 0 Å². The number of hydrogen-bond donors (Lipinski definition) is 0. The van der Waals surface area contributed by atoms with Crippen LogP contribution in [0.15, 0.2) is 33.4 Å². The van der Waals surface area contributed by atoms with Gasteiger partial charge in [0.05, 0.1) is 3.04 Å². The Labute approximate surface area is 98.3 Å². The maximum absolute atomic E-state index is 5.82. The zero-order valence-corrected chi connectivity index (χ0v) is 10.6. The lowest BCUT2D eigenvalue weighted by Crippen LogP contribution is -1.73. The Morgan fingerprint density at radius 3 is 2.09 bits per heavy atom. The van der Waals surface area contributed by atoms with Gasteiger partial charge in [-0.2, -0.15) is 0 Å². The summed E-state index contributed by atoms with van der Waals surface area (Å²) in [4.78, 5) is 0. The quantitative estimate of drug-likeness (QED) is 0.623. The van der Waals surface area contributed by atoms with E-state index in [1.807, 2.05) is 30.3 Å². The SMILES string of the molecule is ClC(I)=C(I)c1ccccc1. The molecular formula is C8H5ClI2. The zero-order chi connectivity index (χ0) is 8.27. The van der Waals surface area contributed by atoms with E-state index in [4.69, 9.17) is 11.6 Å². The van der Waals surface area contributed by atoms with Crippen LogP contribution >= 0.6 is 56.8 Å². The third-order valence-electron chi connectivity index (χ3n) is 1.19. The largest absolute Gasteiger partial charge is 0.0928 e. The predicted octanol–water partition coefficient (Wildman–Crippen LogP) is 4.42. The molecule has 11 heavy (non-hydrogen) atoms. The molecular weight excluding hydrogens is 385 g/mol. The van der Waals surface area contributed by atoms with E-state index in [0.717, 1.165) is 6.62 Å². The van der Waals surface area contributed by atoms with Crippen molar-refractivity contribution in [3.63, 3.8) is 0 Å². The van der Waals surface area contributed by atoms with Gasteiger partial charge in [0.1, 0.15) is 0 Å². The molecule has 1 aromatic carbocycles. The van der Waals surface area contributed by atoms with E-state index in [1.165, 1.54) is 5.56 Å². The van der Waals surface area contributed by atoms with Crippen LogP contribution in [-0.2, 0) is 0 Å². The first-order valence-corrected chi connectivity index (χ1v) is 5.51. The topological polar surface area (TPSA) is 0 Å². The summed E-state index contributed by atoms with van der Waals surface area (Å²) in [6.07, 6.45) is 0. The maximum Gasteiger partial charge on any atom is 0.0928 e. The maximum atomic E-state index is 5.82. The van der Waals surface area contributed by atoms with Crippen LogP contribution in [0, 0.1) is 0 Å². The van der Waals surface area contributed by atoms with Crippen LogP contribution in [0.25, 0.3) is 3.58 Å². The molecule has 0 heterocycles. The molecule has 0 saturated carbocycles. The first-order chi connectivity index (χ1) is 5.22. The van der Waals surface area contributed by atoms with Gasteiger partial charge in [-0.25, -0.2) is 0 Å². The summed E-state index contributed by atoms with van der Waals surface area (Å²) in [7, 11) is 0. The smallest absolute Gasteiger partial charge is 0.0760 e. The molecule has 0 fully saturated rings. The summed E-state index contributed by atoms with van der Waals surface area (Å²) in [6.45, 7) is 0. The Kier molecular flexibility index (Phi) is 4.16. The molecule has 0 atom stereocenters. The normalized spacial score (nSPS) is 12.6. The highest BCUT2D eigenvalue weighted by Gasteiger charge is 1.98. The number of halogens is 3. The molecule has 0 aliphatic heterocycles. The third-order valence-corrected chi connectivity index (χ3v) is 4.43. The standard InChI is InChI=1S/C8H5ClI2/c9-8(11)7(10)6-4-2-1-3-5-6/h1-5H. The van der Waals surface area contributed by atoms with Crippen LogP contribution in [0.5, 0.6) is 0 Å². The van der Waals surface area contributed by atoms with E-state index in [-0.39, 0.29) is 0 Å². The van der Waals surface area contributed by atoms with Gasteiger partial charge < -0.3 is 0 Å². The molecule has 0 saturated heterocycles. The van der Waals surface area contributed by atoms with Crippen molar-refractivity contribution >= 4 is 60.4 Å². The Balaban J connectivity index is 3.04. The minimum atomic E-state index is 0.814. The minimum absolute atomic E-state index is 0.814. The highest BCUT2D eigenvalue weighted by molar-refractivity contribution is 14.1. The highest BCUT2D eigenvalue weighted by Crippen LogP contribution is 2.31.